The molecule has 0 saturated heterocycles. The molecule has 6 heteroatoms. The van der Waals surface area contributed by atoms with E-state index in [1.165, 1.54) is 4.68 Å². The zero-order chi connectivity index (χ0) is 18.7. The van der Waals surface area contributed by atoms with E-state index in [4.69, 9.17) is 17.3 Å². The number of hydrogen-bond acceptors (Lipinski definition) is 4. The van der Waals surface area contributed by atoms with Crippen molar-refractivity contribution >= 4 is 29.5 Å². The maximum Gasteiger partial charge on any atom is 0.213 e. The Morgan fingerprint density at radius 3 is 2.42 bits per heavy atom. The van der Waals surface area contributed by atoms with Crippen LogP contribution in [-0.2, 0) is 11.2 Å². The molecule has 2 aromatic carbocycles. The van der Waals surface area contributed by atoms with Gasteiger partial charge < -0.3 is 10.5 Å². The molecule has 0 aliphatic carbocycles. The number of aromatic nitrogens is 2. The minimum atomic E-state index is -0.217. The van der Waals surface area contributed by atoms with Crippen LogP contribution in [0.25, 0.3) is 5.69 Å². The second-order valence-corrected chi connectivity index (χ2v) is 6.44. The molecule has 3 aromatic rings. The molecule has 0 aliphatic heterocycles. The van der Waals surface area contributed by atoms with Gasteiger partial charge in [0.1, 0.15) is 17.8 Å². The monoisotopic (exact) mass is 367 g/mol. The number of aryl methyl sites for hydroxylation is 1. The number of halogens is 1. The van der Waals surface area contributed by atoms with E-state index in [9.17, 15) is 9.59 Å². The van der Waals surface area contributed by atoms with Gasteiger partial charge in [-0.1, -0.05) is 41.4 Å². The zero-order valence-corrected chi connectivity index (χ0v) is 15.0. The van der Waals surface area contributed by atoms with Crippen LogP contribution in [0, 0.1) is 6.92 Å². The molecule has 0 fully saturated rings. The van der Waals surface area contributed by atoms with Crippen molar-refractivity contribution in [3.05, 3.63) is 75.9 Å². The van der Waals surface area contributed by atoms with E-state index in [0.717, 1.165) is 11.8 Å². The van der Waals surface area contributed by atoms with Crippen LogP contribution in [0.1, 0.15) is 33.6 Å². The standard InChI is InChI=1S/C20H18ClN3O2/c1-13-4-6-14(7-5-13)19(26)18-17(3-2-12-25)20(22)24(23-18)16-10-8-15(21)9-11-16/h4-12H,2-3,22H2,1H3. The molecule has 3 rings (SSSR count). The number of nitrogen functional groups attached to an aromatic ring is 1. The summed E-state index contributed by atoms with van der Waals surface area (Å²) in [5, 5.41) is 5.04. The van der Waals surface area contributed by atoms with E-state index in [1.54, 1.807) is 36.4 Å². The van der Waals surface area contributed by atoms with Crippen molar-refractivity contribution in [1.82, 2.24) is 9.78 Å². The third kappa shape index (κ3) is 3.53. The first-order chi connectivity index (χ1) is 12.5. The Labute approximate surface area is 156 Å². The van der Waals surface area contributed by atoms with Crippen LogP contribution in [0.2, 0.25) is 5.02 Å². The van der Waals surface area contributed by atoms with Crippen molar-refractivity contribution in [3.63, 3.8) is 0 Å². The van der Waals surface area contributed by atoms with Crippen molar-refractivity contribution < 1.29 is 9.59 Å². The van der Waals surface area contributed by atoms with Gasteiger partial charge in [0.2, 0.25) is 5.78 Å². The van der Waals surface area contributed by atoms with Gasteiger partial charge in [0.25, 0.3) is 0 Å². The van der Waals surface area contributed by atoms with Crippen molar-refractivity contribution in [1.29, 1.82) is 0 Å². The van der Waals surface area contributed by atoms with Crippen LogP contribution in [0.4, 0.5) is 5.82 Å². The van der Waals surface area contributed by atoms with Gasteiger partial charge in [-0.2, -0.15) is 5.10 Å². The average Bonchev–Trinajstić information content (AvgIpc) is 2.97. The Hall–Kier alpha value is -2.92. The number of ketones is 1. The first-order valence-corrected chi connectivity index (χ1v) is 8.57. The molecule has 132 valence electrons. The molecule has 0 spiro atoms. The average molecular weight is 368 g/mol. The highest BCUT2D eigenvalue weighted by Crippen LogP contribution is 2.25. The highest BCUT2D eigenvalue weighted by molar-refractivity contribution is 6.30. The van der Waals surface area contributed by atoms with Crippen LogP contribution < -0.4 is 5.73 Å². The molecule has 1 heterocycles. The summed E-state index contributed by atoms with van der Waals surface area (Å²) < 4.78 is 1.51. The fourth-order valence-corrected chi connectivity index (χ4v) is 2.84. The van der Waals surface area contributed by atoms with Gasteiger partial charge in [-0.3, -0.25) is 4.79 Å². The number of nitrogens with two attached hydrogens (primary N) is 1. The van der Waals surface area contributed by atoms with E-state index < -0.39 is 0 Å². The summed E-state index contributed by atoms with van der Waals surface area (Å²) in [5.41, 5.74) is 9.39. The van der Waals surface area contributed by atoms with E-state index in [-0.39, 0.29) is 17.9 Å². The lowest BCUT2D eigenvalue weighted by molar-refractivity contribution is -0.107. The van der Waals surface area contributed by atoms with E-state index >= 15 is 0 Å². The first-order valence-electron chi connectivity index (χ1n) is 8.19. The Morgan fingerprint density at radius 2 is 1.81 bits per heavy atom. The van der Waals surface area contributed by atoms with Crippen LogP contribution in [0.3, 0.4) is 0 Å². The van der Waals surface area contributed by atoms with Crippen LogP contribution in [0.15, 0.2) is 48.5 Å². The quantitative estimate of drug-likeness (QED) is 0.531. The van der Waals surface area contributed by atoms with Gasteiger partial charge in [0.05, 0.1) is 5.69 Å². The molecule has 26 heavy (non-hydrogen) atoms. The van der Waals surface area contributed by atoms with Gasteiger partial charge in [0.15, 0.2) is 0 Å². The van der Waals surface area contributed by atoms with Gasteiger partial charge in [-0.25, -0.2) is 4.68 Å². The number of carbonyl (C=O) groups excluding carboxylic acids is 2. The van der Waals surface area contributed by atoms with Crippen molar-refractivity contribution in [3.8, 4) is 5.69 Å². The molecule has 0 atom stereocenters. The fraction of sp³-hybridized carbons (Fsp3) is 0.150. The summed E-state index contributed by atoms with van der Waals surface area (Å²) in [6.07, 6.45) is 1.43. The smallest absolute Gasteiger partial charge is 0.213 e. The van der Waals surface area contributed by atoms with Gasteiger partial charge in [-0.05, 0) is 37.6 Å². The highest BCUT2D eigenvalue weighted by Gasteiger charge is 2.23. The summed E-state index contributed by atoms with van der Waals surface area (Å²) in [4.78, 5) is 23.8. The third-order valence-corrected chi connectivity index (χ3v) is 4.39. The summed E-state index contributed by atoms with van der Waals surface area (Å²) >= 11 is 5.93. The van der Waals surface area contributed by atoms with Gasteiger partial charge >= 0.3 is 0 Å². The highest BCUT2D eigenvalue weighted by atomic mass is 35.5. The lowest BCUT2D eigenvalue weighted by atomic mass is 10.0. The molecule has 0 amide bonds. The number of hydrogen-bond donors (Lipinski definition) is 1. The van der Waals surface area contributed by atoms with Crippen LogP contribution in [-0.4, -0.2) is 21.8 Å². The van der Waals surface area contributed by atoms with Crippen LogP contribution >= 0.6 is 11.6 Å². The Morgan fingerprint density at radius 1 is 1.15 bits per heavy atom. The third-order valence-electron chi connectivity index (χ3n) is 4.14. The van der Waals surface area contributed by atoms with E-state index in [0.29, 0.717) is 34.1 Å². The maximum atomic E-state index is 13.0. The van der Waals surface area contributed by atoms with Crippen molar-refractivity contribution in [2.45, 2.75) is 19.8 Å². The SMILES string of the molecule is Cc1ccc(C(=O)c2nn(-c3ccc(Cl)cc3)c(N)c2CCC=O)cc1. The van der Waals surface area contributed by atoms with E-state index in [1.807, 2.05) is 19.1 Å². The number of anilines is 1. The lowest BCUT2D eigenvalue weighted by Crippen LogP contribution is -2.06. The molecule has 0 saturated carbocycles. The minimum Gasteiger partial charge on any atom is -0.383 e. The number of carbonyl (C=O) groups is 2. The summed E-state index contributed by atoms with van der Waals surface area (Å²) in [7, 11) is 0. The topological polar surface area (TPSA) is 78.0 Å². The molecular formula is C20H18ClN3O2. The Bertz CT molecular complexity index is 944. The molecule has 0 unspecified atom stereocenters. The van der Waals surface area contributed by atoms with Gasteiger partial charge in [0, 0.05) is 22.6 Å². The number of rotatable bonds is 6. The molecule has 0 bridgehead atoms. The second-order valence-electron chi connectivity index (χ2n) is 6.00. The summed E-state index contributed by atoms with van der Waals surface area (Å²) in [6, 6.07) is 14.3. The second kappa shape index (κ2) is 7.54. The summed E-state index contributed by atoms with van der Waals surface area (Å²) in [6.45, 7) is 1.96. The molecule has 1 aromatic heterocycles. The number of aldehydes is 1. The van der Waals surface area contributed by atoms with Gasteiger partial charge in [-0.15, -0.1) is 0 Å². The number of benzene rings is 2. The molecular weight excluding hydrogens is 350 g/mol. The Balaban J connectivity index is 2.09. The summed E-state index contributed by atoms with van der Waals surface area (Å²) in [5.74, 6) is 0.134. The largest absolute Gasteiger partial charge is 0.383 e. The molecule has 0 aliphatic rings. The minimum absolute atomic E-state index is 0.217. The normalized spacial score (nSPS) is 10.7. The van der Waals surface area contributed by atoms with Crippen LogP contribution in [0.5, 0.6) is 0 Å². The lowest BCUT2D eigenvalue weighted by Gasteiger charge is -2.04. The molecule has 0 radical (unpaired) electrons. The predicted octanol–water partition coefficient (Wildman–Crippen LogP) is 3.78. The fourth-order valence-electron chi connectivity index (χ4n) is 2.72. The van der Waals surface area contributed by atoms with Crippen molar-refractivity contribution in [2.24, 2.45) is 0 Å². The maximum absolute atomic E-state index is 13.0. The number of nitrogens with zero attached hydrogens (tertiary/aromatic N) is 2. The zero-order valence-electron chi connectivity index (χ0n) is 14.3. The first kappa shape index (κ1) is 17.9. The molecule has 5 nitrogen and oxygen atoms in total. The van der Waals surface area contributed by atoms with E-state index in [2.05, 4.69) is 5.10 Å². The molecule has 2 N–H and O–H groups in total. The predicted molar refractivity (Wildman–Crippen MR) is 102 cm³/mol. The Kier molecular flexibility index (Phi) is 5.19. The van der Waals surface area contributed by atoms with Crippen molar-refractivity contribution in [2.75, 3.05) is 5.73 Å².